The molecular weight excluding hydrogens is 356 g/mol. The molecule has 122 valence electrons. The third-order valence-electron chi connectivity index (χ3n) is 3.84. The number of benzene rings is 2. The first-order valence-corrected chi connectivity index (χ1v) is 8.61. The summed E-state index contributed by atoms with van der Waals surface area (Å²) < 4.78 is 0.154. The molecule has 0 aliphatic carbocycles. The summed E-state index contributed by atoms with van der Waals surface area (Å²) in [6.45, 7) is 0. The number of hydrogen-bond acceptors (Lipinski definition) is 5. The number of amides is 3. The van der Waals surface area contributed by atoms with Crippen LogP contribution in [0.2, 0.25) is 0 Å². The normalized spacial score (nSPS) is 18.5. The minimum atomic E-state index is -0.544. The summed E-state index contributed by atoms with van der Waals surface area (Å²) in [5, 5.41) is 1.81. The highest BCUT2D eigenvalue weighted by atomic mass is 32.2. The average molecular weight is 366 g/mol. The minimum absolute atomic E-state index is 0.154. The van der Waals surface area contributed by atoms with Crippen molar-refractivity contribution in [1.29, 1.82) is 0 Å². The summed E-state index contributed by atoms with van der Waals surface area (Å²) in [6.07, 6.45) is 1.69. The summed E-state index contributed by atoms with van der Waals surface area (Å²) in [6, 6.07) is 15.8. The lowest BCUT2D eigenvalue weighted by Gasteiger charge is -2.23. The molecule has 2 aromatic rings. The van der Waals surface area contributed by atoms with Gasteiger partial charge in [0.15, 0.2) is 4.32 Å². The number of hydrazine groups is 1. The molecule has 0 N–H and O–H groups in total. The van der Waals surface area contributed by atoms with Crippen molar-refractivity contribution < 1.29 is 14.4 Å². The molecule has 0 bridgehead atoms. The highest BCUT2D eigenvalue weighted by Gasteiger charge is 2.46. The second kappa shape index (κ2) is 5.94. The van der Waals surface area contributed by atoms with Gasteiger partial charge in [0.25, 0.3) is 17.7 Å². The quantitative estimate of drug-likeness (QED) is 0.464. The standard InChI is InChI=1S/C18H10N2O3S2/c21-15-12-8-4-5-9-13(12)16(22)19(15)20-17(23)14(25-18(20)24)10-11-6-2-1-3-7-11/h1-10H. The fraction of sp³-hybridized carbons (Fsp3) is 0. The molecule has 0 radical (unpaired) electrons. The van der Waals surface area contributed by atoms with Crippen LogP contribution in [0.25, 0.3) is 6.08 Å². The van der Waals surface area contributed by atoms with E-state index >= 15 is 0 Å². The van der Waals surface area contributed by atoms with Crippen LogP contribution >= 0.6 is 24.0 Å². The van der Waals surface area contributed by atoms with Crippen molar-refractivity contribution in [3.8, 4) is 0 Å². The van der Waals surface area contributed by atoms with Gasteiger partial charge in [0, 0.05) is 0 Å². The molecule has 2 aromatic carbocycles. The van der Waals surface area contributed by atoms with Crippen molar-refractivity contribution in [3.05, 3.63) is 76.2 Å². The average Bonchev–Trinajstić information content (AvgIpc) is 3.03. The molecule has 1 fully saturated rings. The number of imide groups is 1. The monoisotopic (exact) mass is 366 g/mol. The van der Waals surface area contributed by atoms with E-state index in [1.165, 1.54) is 0 Å². The Labute approximate surface area is 152 Å². The number of carbonyl (C=O) groups excluding carboxylic acids is 3. The van der Waals surface area contributed by atoms with E-state index in [1.54, 1.807) is 30.3 Å². The molecule has 7 heteroatoms. The molecule has 2 aliphatic heterocycles. The van der Waals surface area contributed by atoms with E-state index in [2.05, 4.69) is 0 Å². The van der Waals surface area contributed by atoms with Crippen LogP contribution in [0.4, 0.5) is 0 Å². The summed E-state index contributed by atoms with van der Waals surface area (Å²) >= 11 is 6.31. The highest BCUT2D eigenvalue weighted by Crippen LogP contribution is 2.36. The predicted molar refractivity (Wildman–Crippen MR) is 98.4 cm³/mol. The number of fused-ring (bicyclic) bond motifs is 1. The van der Waals surface area contributed by atoms with Gasteiger partial charge in [0.2, 0.25) is 0 Å². The van der Waals surface area contributed by atoms with Crippen LogP contribution in [0.1, 0.15) is 26.3 Å². The zero-order chi connectivity index (χ0) is 17.6. The number of thioether (sulfide) groups is 1. The van der Waals surface area contributed by atoms with Crippen LogP contribution in [-0.4, -0.2) is 32.1 Å². The Kier molecular flexibility index (Phi) is 3.74. The molecule has 2 aliphatic rings. The first kappa shape index (κ1) is 15.7. The van der Waals surface area contributed by atoms with Crippen molar-refractivity contribution in [2.75, 3.05) is 0 Å². The van der Waals surface area contributed by atoms with E-state index in [4.69, 9.17) is 12.2 Å². The topological polar surface area (TPSA) is 57.7 Å². The van der Waals surface area contributed by atoms with Gasteiger partial charge in [0.1, 0.15) is 0 Å². The van der Waals surface area contributed by atoms with Gasteiger partial charge in [-0.05, 0) is 36.0 Å². The van der Waals surface area contributed by atoms with Gasteiger partial charge in [0.05, 0.1) is 16.0 Å². The van der Waals surface area contributed by atoms with E-state index in [9.17, 15) is 14.4 Å². The molecule has 4 rings (SSSR count). The zero-order valence-electron chi connectivity index (χ0n) is 12.7. The van der Waals surface area contributed by atoms with Crippen molar-refractivity contribution in [3.63, 3.8) is 0 Å². The minimum Gasteiger partial charge on any atom is -0.267 e. The van der Waals surface area contributed by atoms with Crippen LogP contribution in [0.3, 0.4) is 0 Å². The van der Waals surface area contributed by atoms with Gasteiger partial charge in [-0.15, -0.1) is 0 Å². The smallest absolute Gasteiger partial charge is 0.267 e. The number of hydrogen-bond donors (Lipinski definition) is 0. The lowest BCUT2D eigenvalue weighted by molar-refractivity contribution is -0.128. The van der Waals surface area contributed by atoms with Crippen LogP contribution in [0.15, 0.2) is 59.5 Å². The maximum atomic E-state index is 12.8. The number of nitrogens with zero attached hydrogens (tertiary/aromatic N) is 2. The van der Waals surface area contributed by atoms with E-state index in [-0.39, 0.29) is 15.4 Å². The predicted octanol–water partition coefficient (Wildman–Crippen LogP) is 3.10. The maximum Gasteiger partial charge on any atom is 0.285 e. The third kappa shape index (κ3) is 2.48. The maximum absolute atomic E-state index is 12.8. The molecule has 0 unspecified atom stereocenters. The molecule has 3 amide bonds. The Balaban J connectivity index is 1.70. The number of carbonyl (C=O) groups is 3. The Morgan fingerprint density at radius 3 is 1.92 bits per heavy atom. The van der Waals surface area contributed by atoms with E-state index in [0.29, 0.717) is 4.91 Å². The molecule has 2 heterocycles. The fourth-order valence-corrected chi connectivity index (χ4v) is 3.93. The fourth-order valence-electron chi connectivity index (χ4n) is 2.69. The molecule has 0 spiro atoms. The molecule has 1 saturated heterocycles. The number of thiocarbonyl (C=S) groups is 1. The van der Waals surface area contributed by atoms with Crippen molar-refractivity contribution >= 4 is 52.1 Å². The summed E-state index contributed by atoms with van der Waals surface area (Å²) in [4.78, 5) is 38.3. The van der Waals surface area contributed by atoms with Gasteiger partial charge in [-0.1, -0.05) is 54.2 Å². The molecule has 0 aromatic heterocycles. The van der Waals surface area contributed by atoms with Gasteiger partial charge in [-0.3, -0.25) is 14.4 Å². The second-order valence-electron chi connectivity index (χ2n) is 5.37. The Hall–Kier alpha value is -2.77. The first-order valence-electron chi connectivity index (χ1n) is 7.38. The van der Waals surface area contributed by atoms with Crippen molar-refractivity contribution in [1.82, 2.24) is 10.0 Å². The van der Waals surface area contributed by atoms with Crippen LogP contribution in [0.5, 0.6) is 0 Å². The van der Waals surface area contributed by atoms with Gasteiger partial charge < -0.3 is 0 Å². The first-order chi connectivity index (χ1) is 12.1. The Morgan fingerprint density at radius 1 is 0.760 bits per heavy atom. The summed E-state index contributed by atoms with van der Waals surface area (Å²) in [5.74, 6) is -1.57. The zero-order valence-corrected chi connectivity index (χ0v) is 14.3. The van der Waals surface area contributed by atoms with Gasteiger partial charge in [-0.25, -0.2) is 0 Å². The molecular formula is C18H10N2O3S2. The van der Waals surface area contributed by atoms with Crippen LogP contribution < -0.4 is 0 Å². The molecule has 25 heavy (non-hydrogen) atoms. The van der Waals surface area contributed by atoms with Crippen LogP contribution in [0, 0.1) is 0 Å². The summed E-state index contributed by atoms with van der Waals surface area (Å²) in [7, 11) is 0. The van der Waals surface area contributed by atoms with Crippen LogP contribution in [-0.2, 0) is 4.79 Å². The van der Waals surface area contributed by atoms with Gasteiger partial charge in [-0.2, -0.15) is 10.0 Å². The highest BCUT2D eigenvalue weighted by molar-refractivity contribution is 8.26. The molecule has 0 atom stereocenters. The lowest BCUT2D eigenvalue weighted by atomic mass is 10.1. The SMILES string of the molecule is O=C1C(=Cc2ccccc2)SC(=S)N1N1C(=O)c2ccccc2C1=O. The van der Waals surface area contributed by atoms with E-state index in [0.717, 1.165) is 27.3 Å². The largest absolute Gasteiger partial charge is 0.285 e. The summed E-state index contributed by atoms with van der Waals surface area (Å²) in [5.41, 5.74) is 1.38. The number of rotatable bonds is 2. The van der Waals surface area contributed by atoms with Gasteiger partial charge >= 0.3 is 0 Å². The lowest BCUT2D eigenvalue weighted by Crippen LogP contribution is -2.48. The second-order valence-corrected chi connectivity index (χ2v) is 7.05. The van der Waals surface area contributed by atoms with Crippen molar-refractivity contribution in [2.24, 2.45) is 0 Å². The Bertz CT molecular complexity index is 934. The van der Waals surface area contributed by atoms with E-state index in [1.807, 2.05) is 30.3 Å². The molecule has 0 saturated carbocycles. The Morgan fingerprint density at radius 2 is 1.32 bits per heavy atom. The van der Waals surface area contributed by atoms with Crippen molar-refractivity contribution in [2.45, 2.75) is 0 Å². The molecule has 5 nitrogen and oxygen atoms in total. The third-order valence-corrected chi connectivity index (χ3v) is 5.13. The van der Waals surface area contributed by atoms with E-state index < -0.39 is 17.7 Å².